The summed E-state index contributed by atoms with van der Waals surface area (Å²) in [6.45, 7) is 1.75. The Hall–Kier alpha value is -1.45. The average molecular weight is 214 g/mol. The van der Waals surface area contributed by atoms with Crippen molar-refractivity contribution < 1.29 is 18.7 Å². The third-order valence-electron chi connectivity index (χ3n) is 2.31. The molecule has 0 spiro atoms. The molecule has 1 aromatic carbocycles. The van der Waals surface area contributed by atoms with E-state index in [9.17, 15) is 13.6 Å². The van der Waals surface area contributed by atoms with Crippen LogP contribution in [-0.4, -0.2) is 11.1 Å². The van der Waals surface area contributed by atoms with Gasteiger partial charge in [0.2, 0.25) is 0 Å². The van der Waals surface area contributed by atoms with Crippen molar-refractivity contribution in [1.82, 2.24) is 0 Å². The predicted octanol–water partition coefficient (Wildman–Crippen LogP) is 2.62. The Kier molecular flexibility index (Phi) is 3.77. The molecule has 0 aliphatic rings. The standard InChI is InChI=1S/C11H12F2O2/c1-2-8(11(14)15)5-7-3-4-9(12)10(13)6-7/h3-4,6,8H,2,5H2,1H3,(H,14,15). The normalized spacial score (nSPS) is 12.5. The molecular formula is C11H12F2O2. The first-order valence-electron chi connectivity index (χ1n) is 4.71. The van der Waals surface area contributed by atoms with Crippen LogP contribution >= 0.6 is 0 Å². The van der Waals surface area contributed by atoms with Gasteiger partial charge in [-0.15, -0.1) is 0 Å². The van der Waals surface area contributed by atoms with Gasteiger partial charge < -0.3 is 5.11 Å². The van der Waals surface area contributed by atoms with Crippen molar-refractivity contribution in [2.75, 3.05) is 0 Å². The van der Waals surface area contributed by atoms with E-state index in [1.54, 1.807) is 6.92 Å². The zero-order valence-electron chi connectivity index (χ0n) is 8.34. The zero-order chi connectivity index (χ0) is 11.4. The van der Waals surface area contributed by atoms with E-state index in [4.69, 9.17) is 5.11 Å². The lowest BCUT2D eigenvalue weighted by Crippen LogP contribution is -2.15. The lowest BCUT2D eigenvalue weighted by molar-refractivity contribution is -0.141. The van der Waals surface area contributed by atoms with Gasteiger partial charge in [0.15, 0.2) is 11.6 Å². The van der Waals surface area contributed by atoms with Gasteiger partial charge in [-0.1, -0.05) is 13.0 Å². The third kappa shape index (κ3) is 3.01. The molecule has 0 bridgehead atoms. The molecule has 4 heteroatoms. The van der Waals surface area contributed by atoms with E-state index >= 15 is 0 Å². The van der Waals surface area contributed by atoms with E-state index < -0.39 is 23.5 Å². The van der Waals surface area contributed by atoms with Gasteiger partial charge in [0, 0.05) is 0 Å². The summed E-state index contributed by atoms with van der Waals surface area (Å²) in [6.07, 6.45) is 0.692. The fourth-order valence-corrected chi connectivity index (χ4v) is 1.36. The summed E-state index contributed by atoms with van der Waals surface area (Å²) in [5.41, 5.74) is 0.503. The van der Waals surface area contributed by atoms with E-state index in [0.29, 0.717) is 12.0 Å². The minimum atomic E-state index is -0.937. The molecule has 0 aliphatic carbocycles. The number of benzene rings is 1. The predicted molar refractivity (Wildman–Crippen MR) is 51.5 cm³/mol. The second kappa shape index (κ2) is 4.87. The molecule has 0 heterocycles. The van der Waals surface area contributed by atoms with Crippen LogP contribution in [0.4, 0.5) is 8.78 Å². The van der Waals surface area contributed by atoms with Crippen LogP contribution in [0, 0.1) is 17.6 Å². The Balaban J connectivity index is 2.80. The van der Waals surface area contributed by atoms with Gasteiger partial charge in [-0.25, -0.2) is 8.78 Å². The highest BCUT2D eigenvalue weighted by Crippen LogP contribution is 2.15. The van der Waals surface area contributed by atoms with Crippen molar-refractivity contribution in [3.8, 4) is 0 Å². The van der Waals surface area contributed by atoms with Gasteiger partial charge in [0.05, 0.1) is 5.92 Å². The molecule has 1 unspecified atom stereocenters. The summed E-state index contributed by atoms with van der Waals surface area (Å²) in [4.78, 5) is 10.7. The Bertz CT molecular complexity index is 364. The van der Waals surface area contributed by atoms with Gasteiger partial charge in [0.1, 0.15) is 0 Å². The monoisotopic (exact) mass is 214 g/mol. The first kappa shape index (κ1) is 11.6. The third-order valence-corrected chi connectivity index (χ3v) is 2.31. The first-order chi connectivity index (χ1) is 7.04. The molecule has 2 nitrogen and oxygen atoms in total. The van der Waals surface area contributed by atoms with Crippen LogP contribution < -0.4 is 0 Å². The molecule has 0 saturated heterocycles. The number of rotatable bonds is 4. The second-order valence-electron chi connectivity index (χ2n) is 3.40. The molecule has 0 radical (unpaired) electrons. The maximum absolute atomic E-state index is 12.8. The fourth-order valence-electron chi connectivity index (χ4n) is 1.36. The maximum atomic E-state index is 12.8. The lowest BCUT2D eigenvalue weighted by atomic mass is 9.97. The van der Waals surface area contributed by atoms with Crippen molar-refractivity contribution in [2.45, 2.75) is 19.8 Å². The Labute approximate surface area is 86.5 Å². The molecule has 1 atom stereocenters. The van der Waals surface area contributed by atoms with Crippen LogP contribution in [0.25, 0.3) is 0 Å². The second-order valence-corrected chi connectivity index (χ2v) is 3.40. The Morgan fingerprint density at radius 1 is 1.40 bits per heavy atom. The fraction of sp³-hybridized carbons (Fsp3) is 0.364. The number of hydrogen-bond donors (Lipinski definition) is 1. The highest BCUT2D eigenvalue weighted by atomic mass is 19.2. The number of halogens is 2. The molecule has 1 rings (SSSR count). The molecule has 1 N–H and O–H groups in total. The molecule has 15 heavy (non-hydrogen) atoms. The number of carboxylic acid groups (broad SMARTS) is 1. The van der Waals surface area contributed by atoms with Crippen LogP contribution in [0.15, 0.2) is 18.2 Å². The van der Waals surface area contributed by atoms with Crippen LogP contribution in [0.3, 0.4) is 0 Å². The Morgan fingerprint density at radius 3 is 2.53 bits per heavy atom. The minimum absolute atomic E-state index is 0.225. The SMILES string of the molecule is CCC(Cc1ccc(F)c(F)c1)C(=O)O. The van der Waals surface area contributed by atoms with E-state index in [-0.39, 0.29) is 6.42 Å². The largest absolute Gasteiger partial charge is 0.481 e. The lowest BCUT2D eigenvalue weighted by Gasteiger charge is -2.09. The van der Waals surface area contributed by atoms with E-state index in [2.05, 4.69) is 0 Å². The summed E-state index contributed by atoms with van der Waals surface area (Å²) >= 11 is 0. The van der Waals surface area contributed by atoms with Gasteiger partial charge in [-0.3, -0.25) is 4.79 Å². The molecule has 1 aromatic rings. The van der Waals surface area contributed by atoms with E-state index in [0.717, 1.165) is 12.1 Å². The van der Waals surface area contributed by atoms with Crippen LogP contribution in [0.1, 0.15) is 18.9 Å². The van der Waals surface area contributed by atoms with Gasteiger partial charge in [0.25, 0.3) is 0 Å². The number of carbonyl (C=O) groups is 1. The van der Waals surface area contributed by atoms with Crippen LogP contribution in [0.5, 0.6) is 0 Å². The molecule has 0 aliphatic heterocycles. The summed E-state index contributed by atoms with van der Waals surface area (Å²) in [5.74, 6) is -3.31. The Morgan fingerprint density at radius 2 is 2.07 bits per heavy atom. The summed E-state index contributed by atoms with van der Waals surface area (Å²) in [5, 5.41) is 8.79. The smallest absolute Gasteiger partial charge is 0.306 e. The van der Waals surface area contributed by atoms with E-state index in [1.807, 2.05) is 0 Å². The molecule has 0 fully saturated rings. The van der Waals surface area contributed by atoms with Crippen molar-refractivity contribution in [3.05, 3.63) is 35.4 Å². The molecule has 0 aromatic heterocycles. The van der Waals surface area contributed by atoms with Crippen molar-refractivity contribution in [3.63, 3.8) is 0 Å². The summed E-state index contributed by atoms with van der Waals surface area (Å²) < 4.78 is 25.4. The average Bonchev–Trinajstić information content (AvgIpc) is 2.19. The van der Waals surface area contributed by atoms with Gasteiger partial charge in [-0.05, 0) is 30.5 Å². The highest BCUT2D eigenvalue weighted by Gasteiger charge is 2.16. The zero-order valence-corrected chi connectivity index (χ0v) is 8.34. The summed E-state index contributed by atoms with van der Waals surface area (Å²) in [7, 11) is 0. The minimum Gasteiger partial charge on any atom is -0.481 e. The van der Waals surface area contributed by atoms with Gasteiger partial charge >= 0.3 is 5.97 Å². The molecular weight excluding hydrogens is 202 g/mol. The van der Waals surface area contributed by atoms with Crippen LogP contribution in [-0.2, 0) is 11.2 Å². The highest BCUT2D eigenvalue weighted by molar-refractivity contribution is 5.70. The van der Waals surface area contributed by atoms with Crippen molar-refractivity contribution >= 4 is 5.97 Å². The van der Waals surface area contributed by atoms with Crippen LogP contribution in [0.2, 0.25) is 0 Å². The summed E-state index contributed by atoms with van der Waals surface area (Å²) in [6, 6.07) is 3.46. The number of aliphatic carboxylic acids is 1. The topological polar surface area (TPSA) is 37.3 Å². The first-order valence-corrected chi connectivity index (χ1v) is 4.71. The maximum Gasteiger partial charge on any atom is 0.306 e. The van der Waals surface area contributed by atoms with Crippen molar-refractivity contribution in [2.24, 2.45) is 5.92 Å². The van der Waals surface area contributed by atoms with Crippen molar-refractivity contribution in [1.29, 1.82) is 0 Å². The van der Waals surface area contributed by atoms with Gasteiger partial charge in [-0.2, -0.15) is 0 Å². The molecule has 0 saturated carbocycles. The quantitative estimate of drug-likeness (QED) is 0.836. The van der Waals surface area contributed by atoms with E-state index in [1.165, 1.54) is 6.07 Å². The molecule has 0 amide bonds. The number of carboxylic acids is 1. The molecule has 82 valence electrons. The number of hydrogen-bond acceptors (Lipinski definition) is 1.